The Bertz CT molecular complexity index is 476. The zero-order valence-electron chi connectivity index (χ0n) is 9.16. The fourth-order valence-electron chi connectivity index (χ4n) is 1.30. The fraction of sp³-hybridized carbons (Fsp3) is 0.250. The molecule has 4 heteroatoms. The average Bonchev–Trinajstić information content (AvgIpc) is 2.56. The highest BCUT2D eigenvalue weighted by molar-refractivity contribution is 7.11. The third kappa shape index (κ3) is 2.58. The van der Waals surface area contributed by atoms with Crippen LogP contribution in [0.3, 0.4) is 0 Å². The van der Waals surface area contributed by atoms with Crippen LogP contribution in [-0.2, 0) is 6.61 Å². The quantitative estimate of drug-likeness (QED) is 0.815. The topological polar surface area (TPSA) is 22.1 Å². The number of thiazole rings is 1. The summed E-state index contributed by atoms with van der Waals surface area (Å²) in [6, 6.07) is 6.12. The number of hydrogen-bond donors (Lipinski definition) is 0. The van der Waals surface area contributed by atoms with Crippen LogP contribution in [0.5, 0.6) is 5.75 Å². The van der Waals surface area contributed by atoms with Gasteiger partial charge in [-0.3, -0.25) is 0 Å². The van der Waals surface area contributed by atoms with Gasteiger partial charge in [-0.1, -0.05) is 6.07 Å². The number of benzene rings is 1. The Balaban J connectivity index is 2.02. The van der Waals surface area contributed by atoms with Crippen LogP contribution in [0.4, 0.5) is 4.39 Å². The highest BCUT2D eigenvalue weighted by atomic mass is 32.1. The first-order valence-corrected chi connectivity index (χ1v) is 5.78. The van der Waals surface area contributed by atoms with Gasteiger partial charge in [0.05, 0.1) is 5.69 Å². The number of aryl methyl sites for hydroxylation is 2. The smallest absolute Gasteiger partial charge is 0.140 e. The van der Waals surface area contributed by atoms with Gasteiger partial charge in [0.15, 0.2) is 0 Å². The molecule has 16 heavy (non-hydrogen) atoms. The average molecular weight is 237 g/mol. The van der Waals surface area contributed by atoms with Gasteiger partial charge in [0, 0.05) is 10.9 Å². The molecule has 0 unspecified atom stereocenters. The van der Waals surface area contributed by atoms with Crippen molar-refractivity contribution in [3.63, 3.8) is 0 Å². The summed E-state index contributed by atoms with van der Waals surface area (Å²) in [5.41, 5.74) is 1.03. The minimum atomic E-state index is -0.288. The minimum Gasteiger partial charge on any atom is -0.486 e. The van der Waals surface area contributed by atoms with E-state index in [9.17, 15) is 4.39 Å². The second kappa shape index (κ2) is 4.61. The van der Waals surface area contributed by atoms with Gasteiger partial charge in [-0.2, -0.15) is 0 Å². The van der Waals surface area contributed by atoms with Crippen LogP contribution in [0.1, 0.15) is 15.6 Å². The SMILES string of the molecule is Cc1nc(COc2cccc(F)c2)sc1C. The molecule has 0 aliphatic heterocycles. The summed E-state index contributed by atoms with van der Waals surface area (Å²) in [6.45, 7) is 4.39. The Morgan fingerprint density at radius 3 is 2.81 bits per heavy atom. The molecule has 0 bridgehead atoms. The van der Waals surface area contributed by atoms with Crippen molar-refractivity contribution < 1.29 is 9.13 Å². The predicted molar refractivity (Wildman–Crippen MR) is 62.3 cm³/mol. The van der Waals surface area contributed by atoms with Crippen molar-refractivity contribution >= 4 is 11.3 Å². The molecule has 0 saturated carbocycles. The van der Waals surface area contributed by atoms with Crippen LogP contribution in [0.25, 0.3) is 0 Å². The molecule has 0 N–H and O–H groups in total. The van der Waals surface area contributed by atoms with Crippen molar-refractivity contribution in [2.45, 2.75) is 20.5 Å². The third-order valence-electron chi connectivity index (χ3n) is 2.23. The molecule has 0 aliphatic rings. The van der Waals surface area contributed by atoms with Crippen LogP contribution < -0.4 is 4.74 Å². The fourth-order valence-corrected chi connectivity index (χ4v) is 2.15. The van der Waals surface area contributed by atoms with E-state index < -0.39 is 0 Å². The predicted octanol–water partition coefficient (Wildman–Crippen LogP) is 3.48. The summed E-state index contributed by atoms with van der Waals surface area (Å²) in [6.07, 6.45) is 0. The van der Waals surface area contributed by atoms with Gasteiger partial charge in [-0.15, -0.1) is 11.3 Å². The van der Waals surface area contributed by atoms with Crippen molar-refractivity contribution in [1.29, 1.82) is 0 Å². The number of nitrogens with zero attached hydrogens (tertiary/aromatic N) is 1. The molecule has 2 rings (SSSR count). The summed E-state index contributed by atoms with van der Waals surface area (Å²) in [4.78, 5) is 5.54. The Labute approximate surface area is 97.7 Å². The lowest BCUT2D eigenvalue weighted by Crippen LogP contribution is -1.95. The molecular weight excluding hydrogens is 225 g/mol. The van der Waals surface area contributed by atoms with Gasteiger partial charge in [-0.25, -0.2) is 9.37 Å². The van der Waals surface area contributed by atoms with Crippen molar-refractivity contribution in [2.75, 3.05) is 0 Å². The molecule has 0 saturated heterocycles. The van der Waals surface area contributed by atoms with Crippen LogP contribution in [0.15, 0.2) is 24.3 Å². The van der Waals surface area contributed by atoms with Crippen molar-refractivity contribution in [3.05, 3.63) is 45.7 Å². The Morgan fingerprint density at radius 1 is 1.38 bits per heavy atom. The Morgan fingerprint density at radius 2 is 2.19 bits per heavy atom. The molecule has 0 radical (unpaired) electrons. The van der Waals surface area contributed by atoms with Gasteiger partial charge < -0.3 is 4.74 Å². The maximum Gasteiger partial charge on any atom is 0.140 e. The molecule has 1 aromatic carbocycles. The number of ether oxygens (including phenoxy) is 1. The Kier molecular flexibility index (Phi) is 3.19. The largest absolute Gasteiger partial charge is 0.486 e. The van der Waals surface area contributed by atoms with E-state index >= 15 is 0 Å². The summed E-state index contributed by atoms with van der Waals surface area (Å²) >= 11 is 1.61. The highest BCUT2D eigenvalue weighted by Crippen LogP contribution is 2.19. The number of hydrogen-bond acceptors (Lipinski definition) is 3. The van der Waals surface area contributed by atoms with Crippen molar-refractivity contribution in [2.24, 2.45) is 0 Å². The number of halogens is 1. The maximum atomic E-state index is 12.9. The second-order valence-corrected chi connectivity index (χ2v) is 4.78. The van der Waals surface area contributed by atoms with E-state index in [2.05, 4.69) is 4.98 Å². The summed E-state index contributed by atoms with van der Waals surface area (Å²) in [7, 11) is 0. The van der Waals surface area contributed by atoms with Crippen LogP contribution >= 0.6 is 11.3 Å². The van der Waals surface area contributed by atoms with Gasteiger partial charge in [0.25, 0.3) is 0 Å². The van der Waals surface area contributed by atoms with E-state index in [-0.39, 0.29) is 5.82 Å². The molecule has 2 nitrogen and oxygen atoms in total. The van der Waals surface area contributed by atoms with Crippen LogP contribution in [0, 0.1) is 19.7 Å². The zero-order chi connectivity index (χ0) is 11.5. The third-order valence-corrected chi connectivity index (χ3v) is 3.28. The first kappa shape index (κ1) is 11.1. The zero-order valence-corrected chi connectivity index (χ0v) is 9.97. The monoisotopic (exact) mass is 237 g/mol. The standard InChI is InChI=1S/C12H12FNOS/c1-8-9(2)16-12(14-8)7-15-11-5-3-4-10(13)6-11/h3-6H,7H2,1-2H3. The summed E-state index contributed by atoms with van der Waals surface area (Å²) in [5.74, 6) is 0.245. The van der Waals surface area contributed by atoms with E-state index in [0.717, 1.165) is 10.7 Å². The lowest BCUT2D eigenvalue weighted by molar-refractivity contribution is 0.304. The first-order valence-electron chi connectivity index (χ1n) is 4.96. The van der Waals surface area contributed by atoms with E-state index in [4.69, 9.17) is 4.74 Å². The minimum absolute atomic E-state index is 0.288. The molecule has 0 spiro atoms. The van der Waals surface area contributed by atoms with Crippen LogP contribution in [-0.4, -0.2) is 4.98 Å². The van der Waals surface area contributed by atoms with E-state index in [1.54, 1.807) is 23.5 Å². The summed E-state index contributed by atoms with van der Waals surface area (Å²) in [5, 5.41) is 0.916. The summed E-state index contributed by atoms with van der Waals surface area (Å²) < 4.78 is 18.3. The van der Waals surface area contributed by atoms with E-state index in [1.807, 2.05) is 13.8 Å². The second-order valence-electron chi connectivity index (χ2n) is 3.50. The van der Waals surface area contributed by atoms with Gasteiger partial charge >= 0.3 is 0 Å². The lowest BCUT2D eigenvalue weighted by Gasteiger charge is -2.03. The molecule has 0 amide bonds. The number of rotatable bonds is 3. The van der Waals surface area contributed by atoms with E-state index in [0.29, 0.717) is 12.4 Å². The first-order chi connectivity index (χ1) is 7.65. The normalized spacial score (nSPS) is 10.4. The van der Waals surface area contributed by atoms with Crippen molar-refractivity contribution in [3.8, 4) is 5.75 Å². The molecule has 1 aromatic heterocycles. The Hall–Kier alpha value is -1.42. The molecule has 84 valence electrons. The molecule has 0 aliphatic carbocycles. The molecule has 0 fully saturated rings. The van der Waals surface area contributed by atoms with Crippen molar-refractivity contribution in [1.82, 2.24) is 4.98 Å². The van der Waals surface area contributed by atoms with E-state index in [1.165, 1.54) is 17.0 Å². The molecular formula is C12H12FNOS. The van der Waals surface area contributed by atoms with Gasteiger partial charge in [-0.05, 0) is 26.0 Å². The molecule has 0 atom stereocenters. The lowest BCUT2D eigenvalue weighted by atomic mass is 10.3. The molecule has 1 heterocycles. The molecule has 2 aromatic rings. The number of aromatic nitrogens is 1. The van der Waals surface area contributed by atoms with Gasteiger partial charge in [0.2, 0.25) is 0 Å². The van der Waals surface area contributed by atoms with Gasteiger partial charge in [0.1, 0.15) is 23.2 Å². The maximum absolute atomic E-state index is 12.9. The van der Waals surface area contributed by atoms with Crippen LogP contribution in [0.2, 0.25) is 0 Å². The highest BCUT2D eigenvalue weighted by Gasteiger charge is 2.04.